The molecule has 0 bridgehead atoms. The molecule has 0 aliphatic heterocycles. The number of hydrogen-bond donors (Lipinski definition) is 1. The zero-order valence-electron chi connectivity index (χ0n) is 10.6. The van der Waals surface area contributed by atoms with E-state index in [1.807, 2.05) is 6.92 Å². The molecule has 1 amide bonds. The second-order valence-corrected chi connectivity index (χ2v) is 4.41. The van der Waals surface area contributed by atoms with Crippen molar-refractivity contribution >= 4 is 12.3 Å². The van der Waals surface area contributed by atoms with Gasteiger partial charge >= 0.3 is 6.09 Å². The Kier molecular flexibility index (Phi) is 5.50. The topological polar surface area (TPSA) is 50.7 Å². The molecule has 0 aliphatic carbocycles. The Morgan fingerprint density at radius 3 is 2.38 bits per heavy atom. The quantitative estimate of drug-likeness (QED) is 0.749. The minimum atomic E-state index is -0.514. The molecule has 0 rings (SSSR count). The summed E-state index contributed by atoms with van der Waals surface area (Å²) in [5.74, 6) is 0.442. The highest BCUT2D eigenvalue weighted by Crippen LogP contribution is 2.07. The molecule has 0 spiro atoms. The van der Waals surface area contributed by atoms with Gasteiger partial charge in [0.15, 0.2) is 0 Å². The Bertz CT molecular complexity index is 322. The van der Waals surface area contributed by atoms with Crippen LogP contribution in [0.2, 0.25) is 0 Å². The Morgan fingerprint density at radius 2 is 2.00 bits per heavy atom. The van der Waals surface area contributed by atoms with Crippen molar-refractivity contribution in [2.45, 2.75) is 40.2 Å². The summed E-state index contributed by atoms with van der Waals surface area (Å²) >= 11 is 0. The van der Waals surface area contributed by atoms with Crippen molar-refractivity contribution in [3.63, 3.8) is 0 Å². The predicted molar refractivity (Wildman–Crippen MR) is 66.4 cm³/mol. The minimum absolute atomic E-state index is 0.442. The Morgan fingerprint density at radius 1 is 1.44 bits per heavy atom. The van der Waals surface area contributed by atoms with Gasteiger partial charge in [-0.25, -0.2) is 9.79 Å². The molecule has 0 atom stereocenters. The monoisotopic (exact) mass is 224 g/mol. The SMILES string of the molecule is C=C(C)/C=N\C(=C/C)NC(=O)OC(C)(C)C. The average Bonchev–Trinajstić information content (AvgIpc) is 2.08. The molecule has 0 fully saturated rings. The standard InChI is InChI=1S/C12H20N2O2/c1-7-10(13-8-9(2)3)14-11(15)16-12(4,5)6/h7-8H,2H2,1,3-6H3,(H,14,15)/b10-7+,13-8-. The highest BCUT2D eigenvalue weighted by molar-refractivity contribution is 5.78. The summed E-state index contributed by atoms with van der Waals surface area (Å²) in [6.45, 7) is 12.7. The highest BCUT2D eigenvalue weighted by atomic mass is 16.6. The number of carbonyl (C=O) groups is 1. The van der Waals surface area contributed by atoms with E-state index in [1.165, 1.54) is 0 Å². The molecule has 0 aliphatic rings. The Labute approximate surface area is 97.1 Å². The fraction of sp³-hybridized carbons (Fsp3) is 0.500. The summed E-state index contributed by atoms with van der Waals surface area (Å²) in [5.41, 5.74) is 0.298. The minimum Gasteiger partial charge on any atom is -0.444 e. The number of nitrogens with one attached hydrogen (secondary N) is 1. The molecule has 1 N–H and O–H groups in total. The van der Waals surface area contributed by atoms with Crippen LogP contribution in [-0.2, 0) is 4.74 Å². The van der Waals surface area contributed by atoms with Gasteiger partial charge in [0.1, 0.15) is 11.4 Å². The first-order valence-electron chi connectivity index (χ1n) is 5.10. The van der Waals surface area contributed by atoms with E-state index in [2.05, 4.69) is 16.9 Å². The molecule has 16 heavy (non-hydrogen) atoms. The number of hydrogen-bond acceptors (Lipinski definition) is 3. The number of alkyl carbamates (subject to hydrolysis) is 1. The lowest BCUT2D eigenvalue weighted by atomic mass is 10.2. The molecule has 0 unspecified atom stereocenters. The van der Waals surface area contributed by atoms with Crippen LogP contribution in [-0.4, -0.2) is 17.9 Å². The summed E-state index contributed by atoms with van der Waals surface area (Å²) in [6.07, 6.45) is 2.75. The van der Waals surface area contributed by atoms with Crippen LogP contribution in [0.25, 0.3) is 0 Å². The lowest BCUT2D eigenvalue weighted by molar-refractivity contribution is 0.0545. The van der Waals surface area contributed by atoms with E-state index < -0.39 is 11.7 Å². The molecular weight excluding hydrogens is 204 g/mol. The van der Waals surface area contributed by atoms with Crippen LogP contribution in [0, 0.1) is 0 Å². The summed E-state index contributed by atoms with van der Waals surface area (Å²) in [7, 11) is 0. The van der Waals surface area contributed by atoms with E-state index in [9.17, 15) is 4.79 Å². The van der Waals surface area contributed by atoms with Crippen molar-refractivity contribution in [3.8, 4) is 0 Å². The second kappa shape index (κ2) is 6.10. The zero-order valence-corrected chi connectivity index (χ0v) is 10.6. The van der Waals surface area contributed by atoms with Crippen LogP contribution < -0.4 is 5.32 Å². The van der Waals surface area contributed by atoms with Crippen LogP contribution in [0.4, 0.5) is 4.79 Å². The molecule has 4 nitrogen and oxygen atoms in total. The van der Waals surface area contributed by atoms with Crippen molar-refractivity contribution in [1.29, 1.82) is 0 Å². The van der Waals surface area contributed by atoms with Crippen LogP contribution in [0.1, 0.15) is 34.6 Å². The van der Waals surface area contributed by atoms with E-state index in [-0.39, 0.29) is 0 Å². The second-order valence-electron chi connectivity index (χ2n) is 4.41. The van der Waals surface area contributed by atoms with Gasteiger partial charge < -0.3 is 4.74 Å². The van der Waals surface area contributed by atoms with Gasteiger partial charge in [0.05, 0.1) is 0 Å². The average molecular weight is 224 g/mol. The van der Waals surface area contributed by atoms with Crippen LogP contribution in [0.3, 0.4) is 0 Å². The Balaban J connectivity index is 4.36. The molecule has 0 aromatic rings. The van der Waals surface area contributed by atoms with Gasteiger partial charge in [0.25, 0.3) is 0 Å². The third kappa shape index (κ3) is 7.79. The first kappa shape index (κ1) is 14.4. The number of nitrogens with zero attached hydrogens (tertiary/aromatic N) is 1. The predicted octanol–water partition coefficient (Wildman–Crippen LogP) is 3.02. The first-order chi connectivity index (χ1) is 7.24. The van der Waals surface area contributed by atoms with Crippen molar-refractivity contribution in [1.82, 2.24) is 5.32 Å². The van der Waals surface area contributed by atoms with Crippen molar-refractivity contribution in [2.24, 2.45) is 4.99 Å². The summed E-state index contributed by atoms with van der Waals surface area (Å²) in [6, 6.07) is 0. The van der Waals surface area contributed by atoms with E-state index >= 15 is 0 Å². The molecule has 0 aromatic heterocycles. The fourth-order valence-corrected chi connectivity index (χ4v) is 0.767. The number of carbonyl (C=O) groups excluding carboxylic acids is 1. The molecule has 0 aromatic carbocycles. The maximum atomic E-state index is 11.4. The Hall–Kier alpha value is -1.58. The van der Waals surface area contributed by atoms with Crippen molar-refractivity contribution in [2.75, 3.05) is 0 Å². The van der Waals surface area contributed by atoms with Gasteiger partial charge in [-0.15, -0.1) is 0 Å². The molecule has 0 saturated carbocycles. The molecule has 90 valence electrons. The zero-order chi connectivity index (χ0) is 12.8. The van der Waals surface area contributed by atoms with E-state index in [0.717, 1.165) is 5.57 Å². The molecule has 0 radical (unpaired) electrons. The molecule has 0 saturated heterocycles. The molecular formula is C12H20N2O2. The molecule has 4 heteroatoms. The van der Waals surface area contributed by atoms with E-state index in [0.29, 0.717) is 5.82 Å². The lowest BCUT2D eigenvalue weighted by Crippen LogP contribution is -2.31. The van der Waals surface area contributed by atoms with Gasteiger partial charge in [0.2, 0.25) is 0 Å². The number of amides is 1. The third-order valence-electron chi connectivity index (χ3n) is 1.33. The maximum Gasteiger partial charge on any atom is 0.413 e. The summed E-state index contributed by atoms with van der Waals surface area (Å²) in [4.78, 5) is 15.4. The third-order valence-corrected chi connectivity index (χ3v) is 1.33. The molecule has 0 heterocycles. The largest absolute Gasteiger partial charge is 0.444 e. The van der Waals surface area contributed by atoms with Crippen molar-refractivity contribution < 1.29 is 9.53 Å². The van der Waals surface area contributed by atoms with Gasteiger partial charge in [-0.05, 0) is 46.3 Å². The van der Waals surface area contributed by atoms with Gasteiger partial charge in [0, 0.05) is 6.21 Å². The van der Waals surface area contributed by atoms with Crippen LogP contribution in [0.15, 0.2) is 29.0 Å². The van der Waals surface area contributed by atoms with Crippen LogP contribution in [0.5, 0.6) is 0 Å². The number of aliphatic imine (C=N–C) groups is 1. The van der Waals surface area contributed by atoms with Gasteiger partial charge in [-0.1, -0.05) is 6.58 Å². The summed E-state index contributed by atoms with van der Waals surface area (Å²) < 4.78 is 5.09. The fourth-order valence-electron chi connectivity index (χ4n) is 0.767. The van der Waals surface area contributed by atoms with Gasteiger partial charge in [-0.2, -0.15) is 0 Å². The number of ether oxygens (including phenoxy) is 1. The lowest BCUT2D eigenvalue weighted by Gasteiger charge is -2.19. The maximum absolute atomic E-state index is 11.4. The van der Waals surface area contributed by atoms with Crippen molar-refractivity contribution in [3.05, 3.63) is 24.0 Å². The highest BCUT2D eigenvalue weighted by Gasteiger charge is 2.16. The normalized spacial score (nSPS) is 12.7. The number of rotatable bonds is 3. The van der Waals surface area contributed by atoms with Crippen LogP contribution >= 0.6 is 0 Å². The van der Waals surface area contributed by atoms with E-state index in [1.54, 1.807) is 40.0 Å². The first-order valence-corrected chi connectivity index (χ1v) is 5.10. The van der Waals surface area contributed by atoms with Gasteiger partial charge in [-0.3, -0.25) is 5.32 Å². The van der Waals surface area contributed by atoms with E-state index in [4.69, 9.17) is 4.74 Å². The smallest absolute Gasteiger partial charge is 0.413 e. The summed E-state index contributed by atoms with van der Waals surface area (Å²) in [5, 5.41) is 2.54. The number of allylic oxidation sites excluding steroid dienone is 2.